The summed E-state index contributed by atoms with van der Waals surface area (Å²) >= 11 is 6.23. The summed E-state index contributed by atoms with van der Waals surface area (Å²) in [7, 11) is 0. The summed E-state index contributed by atoms with van der Waals surface area (Å²) in [5, 5.41) is 3.50. The number of nitrogens with one attached hydrogen (secondary N) is 1. The lowest BCUT2D eigenvalue weighted by Gasteiger charge is -2.32. The van der Waals surface area contributed by atoms with Crippen LogP contribution in [0.1, 0.15) is 11.1 Å². The number of carbonyl (C=O) groups is 2. The minimum absolute atomic E-state index is 0.191. The second-order valence-corrected chi connectivity index (χ2v) is 9.58. The minimum Gasteiger partial charge on any atom is -0.482 e. The highest BCUT2D eigenvalue weighted by molar-refractivity contribution is 6.32. The second kappa shape index (κ2) is 14.5. The van der Waals surface area contributed by atoms with Crippen molar-refractivity contribution in [1.29, 1.82) is 0 Å². The molecule has 8 heteroatoms. The molecule has 200 valence electrons. The van der Waals surface area contributed by atoms with Gasteiger partial charge in [-0.2, -0.15) is 0 Å². The average molecular weight is 536 g/mol. The Balaban J connectivity index is 1.53. The number of para-hydroxylation sites is 1. The van der Waals surface area contributed by atoms with Crippen molar-refractivity contribution in [1.82, 2.24) is 15.1 Å². The molecule has 1 heterocycles. The molecule has 0 aromatic heterocycles. The van der Waals surface area contributed by atoms with Crippen LogP contribution in [0.15, 0.2) is 84.9 Å². The first-order valence-electron chi connectivity index (χ1n) is 12.9. The third kappa shape index (κ3) is 8.31. The topological polar surface area (TPSA) is 71.1 Å². The van der Waals surface area contributed by atoms with Gasteiger partial charge in [0.05, 0.1) is 18.2 Å². The van der Waals surface area contributed by atoms with Crippen LogP contribution in [0.5, 0.6) is 5.75 Å². The molecule has 2 amide bonds. The Morgan fingerprint density at radius 3 is 2.24 bits per heavy atom. The zero-order valence-corrected chi connectivity index (χ0v) is 22.2. The number of nitrogens with zero attached hydrogens (tertiary/aromatic N) is 2. The molecular weight excluding hydrogens is 502 g/mol. The van der Waals surface area contributed by atoms with Gasteiger partial charge < -0.3 is 19.7 Å². The molecule has 0 unspecified atom stereocenters. The normalized spacial score (nSPS) is 14.4. The summed E-state index contributed by atoms with van der Waals surface area (Å²) in [4.78, 5) is 31.2. The van der Waals surface area contributed by atoms with Crippen LogP contribution < -0.4 is 10.1 Å². The molecule has 0 spiro atoms. The van der Waals surface area contributed by atoms with Gasteiger partial charge in [-0.25, -0.2) is 0 Å². The number of hydrogen-bond donors (Lipinski definition) is 1. The Morgan fingerprint density at radius 1 is 0.921 bits per heavy atom. The van der Waals surface area contributed by atoms with E-state index in [9.17, 15) is 9.59 Å². The fourth-order valence-electron chi connectivity index (χ4n) is 4.40. The van der Waals surface area contributed by atoms with Crippen molar-refractivity contribution in [2.75, 3.05) is 46.0 Å². The molecule has 0 saturated carbocycles. The van der Waals surface area contributed by atoms with E-state index in [-0.39, 0.29) is 25.0 Å². The van der Waals surface area contributed by atoms with E-state index >= 15 is 0 Å². The number of benzene rings is 3. The van der Waals surface area contributed by atoms with Crippen LogP contribution in [-0.2, 0) is 27.3 Å². The van der Waals surface area contributed by atoms with Crippen LogP contribution in [0.25, 0.3) is 0 Å². The number of amides is 2. The van der Waals surface area contributed by atoms with Gasteiger partial charge in [-0.05, 0) is 23.3 Å². The molecular formula is C30H34ClN3O4. The van der Waals surface area contributed by atoms with Gasteiger partial charge >= 0.3 is 0 Å². The summed E-state index contributed by atoms with van der Waals surface area (Å²) in [6.07, 6.45) is 0.384. The number of carbonyl (C=O) groups excluding carboxylic acids is 2. The second-order valence-electron chi connectivity index (χ2n) is 9.18. The Morgan fingerprint density at radius 2 is 1.55 bits per heavy atom. The summed E-state index contributed by atoms with van der Waals surface area (Å²) in [5.41, 5.74) is 1.90. The molecule has 4 rings (SSSR count). The molecule has 1 N–H and O–H groups in total. The van der Waals surface area contributed by atoms with E-state index in [0.29, 0.717) is 37.0 Å². The van der Waals surface area contributed by atoms with E-state index in [2.05, 4.69) is 10.2 Å². The van der Waals surface area contributed by atoms with Crippen molar-refractivity contribution in [2.45, 2.75) is 19.0 Å². The summed E-state index contributed by atoms with van der Waals surface area (Å²) in [6, 6.07) is 25.7. The van der Waals surface area contributed by atoms with E-state index in [1.165, 1.54) is 0 Å². The summed E-state index contributed by atoms with van der Waals surface area (Å²) < 4.78 is 11.2. The fourth-order valence-corrected chi connectivity index (χ4v) is 4.59. The van der Waals surface area contributed by atoms with Crippen LogP contribution in [0.3, 0.4) is 0 Å². The van der Waals surface area contributed by atoms with Crippen LogP contribution in [0.4, 0.5) is 0 Å². The first kappa shape index (κ1) is 27.6. The zero-order chi connectivity index (χ0) is 26.6. The summed E-state index contributed by atoms with van der Waals surface area (Å²) in [6.45, 7) is 4.37. The van der Waals surface area contributed by atoms with Crippen molar-refractivity contribution in [3.8, 4) is 5.75 Å². The van der Waals surface area contributed by atoms with Gasteiger partial charge in [-0.1, -0.05) is 84.4 Å². The van der Waals surface area contributed by atoms with Crippen molar-refractivity contribution >= 4 is 23.4 Å². The molecule has 1 aliphatic heterocycles. The molecule has 1 fully saturated rings. The Labute approximate surface area is 229 Å². The Kier molecular flexibility index (Phi) is 10.6. The Bertz CT molecular complexity index is 1160. The fraction of sp³-hybridized carbons (Fsp3) is 0.333. The lowest BCUT2D eigenvalue weighted by atomic mass is 10.0. The van der Waals surface area contributed by atoms with Crippen molar-refractivity contribution in [3.05, 3.63) is 101 Å². The standard InChI is InChI=1S/C30H34ClN3O4/c31-26-13-7-8-14-28(26)38-23-29(35)34(22-25-11-5-2-6-12-25)27(21-24-9-3-1-4-10-24)30(36)32-15-16-33-17-19-37-20-18-33/h1-14,27H,15-23H2,(H,32,36)/t27-/m0/s1. The molecule has 0 bridgehead atoms. The van der Waals surface area contributed by atoms with Crippen LogP contribution in [0, 0.1) is 0 Å². The van der Waals surface area contributed by atoms with Gasteiger partial charge in [0.15, 0.2) is 6.61 Å². The molecule has 0 aliphatic carbocycles. The molecule has 7 nitrogen and oxygen atoms in total. The number of halogens is 1. The highest BCUT2D eigenvalue weighted by atomic mass is 35.5. The van der Waals surface area contributed by atoms with Crippen molar-refractivity contribution in [3.63, 3.8) is 0 Å². The van der Waals surface area contributed by atoms with E-state index in [4.69, 9.17) is 21.1 Å². The maximum atomic E-state index is 13.6. The molecule has 38 heavy (non-hydrogen) atoms. The molecule has 3 aromatic carbocycles. The van der Waals surface area contributed by atoms with Gasteiger partial charge in [-0.3, -0.25) is 14.5 Å². The van der Waals surface area contributed by atoms with E-state index in [1.54, 1.807) is 29.2 Å². The van der Waals surface area contributed by atoms with Gasteiger partial charge in [-0.15, -0.1) is 0 Å². The quantitative estimate of drug-likeness (QED) is 0.382. The third-order valence-electron chi connectivity index (χ3n) is 6.49. The third-order valence-corrected chi connectivity index (χ3v) is 6.80. The predicted molar refractivity (Wildman–Crippen MR) is 148 cm³/mol. The first-order valence-corrected chi connectivity index (χ1v) is 13.3. The number of rotatable bonds is 12. The van der Waals surface area contributed by atoms with E-state index < -0.39 is 6.04 Å². The van der Waals surface area contributed by atoms with Gasteiger partial charge in [0.1, 0.15) is 11.8 Å². The zero-order valence-electron chi connectivity index (χ0n) is 21.4. The van der Waals surface area contributed by atoms with Crippen LogP contribution in [-0.4, -0.2) is 73.7 Å². The maximum absolute atomic E-state index is 13.6. The van der Waals surface area contributed by atoms with E-state index in [0.717, 1.165) is 30.8 Å². The lowest BCUT2D eigenvalue weighted by Crippen LogP contribution is -2.52. The predicted octanol–water partition coefficient (Wildman–Crippen LogP) is 3.81. The number of ether oxygens (including phenoxy) is 2. The van der Waals surface area contributed by atoms with Crippen LogP contribution in [0.2, 0.25) is 5.02 Å². The molecule has 1 saturated heterocycles. The maximum Gasteiger partial charge on any atom is 0.261 e. The highest BCUT2D eigenvalue weighted by Crippen LogP contribution is 2.23. The van der Waals surface area contributed by atoms with Crippen molar-refractivity contribution < 1.29 is 19.1 Å². The number of morpholine rings is 1. The van der Waals surface area contributed by atoms with Gasteiger partial charge in [0.25, 0.3) is 5.91 Å². The molecule has 1 aliphatic rings. The van der Waals surface area contributed by atoms with Gasteiger partial charge in [0.2, 0.25) is 5.91 Å². The van der Waals surface area contributed by atoms with Gasteiger partial charge in [0, 0.05) is 39.1 Å². The monoisotopic (exact) mass is 535 g/mol. The average Bonchev–Trinajstić information content (AvgIpc) is 2.96. The molecule has 3 aromatic rings. The van der Waals surface area contributed by atoms with Crippen LogP contribution >= 0.6 is 11.6 Å². The summed E-state index contributed by atoms with van der Waals surface area (Å²) in [5.74, 6) is -0.0566. The SMILES string of the molecule is O=C(NCCN1CCOCC1)[C@H](Cc1ccccc1)N(Cc1ccccc1)C(=O)COc1ccccc1Cl. The number of hydrogen-bond acceptors (Lipinski definition) is 5. The largest absolute Gasteiger partial charge is 0.482 e. The molecule has 1 atom stereocenters. The molecule has 0 radical (unpaired) electrons. The van der Waals surface area contributed by atoms with Crippen molar-refractivity contribution in [2.24, 2.45) is 0 Å². The minimum atomic E-state index is -0.718. The lowest BCUT2D eigenvalue weighted by molar-refractivity contribution is -0.142. The first-order chi connectivity index (χ1) is 18.6. The Hall–Kier alpha value is -3.39. The smallest absolute Gasteiger partial charge is 0.261 e. The highest BCUT2D eigenvalue weighted by Gasteiger charge is 2.31. The van der Waals surface area contributed by atoms with E-state index in [1.807, 2.05) is 60.7 Å².